The highest BCUT2D eigenvalue weighted by atomic mass is 35.5. The molecular formula is C26H27ClN4O4. The minimum absolute atomic E-state index is 0.000659. The minimum Gasteiger partial charge on any atom is -0.478 e. The predicted molar refractivity (Wildman–Crippen MR) is 131 cm³/mol. The Morgan fingerprint density at radius 3 is 2.69 bits per heavy atom. The molecule has 0 spiro atoms. The van der Waals surface area contributed by atoms with Crippen LogP contribution in [0.15, 0.2) is 36.5 Å². The van der Waals surface area contributed by atoms with Crippen LogP contribution in [0.4, 0.5) is 0 Å². The van der Waals surface area contributed by atoms with Gasteiger partial charge >= 0.3 is 5.97 Å². The van der Waals surface area contributed by atoms with Crippen LogP contribution in [-0.2, 0) is 16.1 Å². The SMILES string of the molecule is Cc1cc(CN2CCC(N3C(=O)CCC3C(=O)NC#Cc3cc(C(=O)O)ccn3)CC2)ccc1Cl. The summed E-state index contributed by atoms with van der Waals surface area (Å²) in [6.07, 6.45) is 3.77. The third-order valence-corrected chi connectivity index (χ3v) is 6.94. The van der Waals surface area contributed by atoms with Gasteiger partial charge in [0, 0.05) is 49.4 Å². The largest absolute Gasteiger partial charge is 0.478 e. The summed E-state index contributed by atoms with van der Waals surface area (Å²) in [5.74, 6) is 1.26. The summed E-state index contributed by atoms with van der Waals surface area (Å²) in [6, 6.07) is 10.8. The van der Waals surface area contributed by atoms with Crippen LogP contribution >= 0.6 is 11.6 Å². The van der Waals surface area contributed by atoms with Crippen LogP contribution in [-0.4, -0.2) is 62.8 Å². The zero-order chi connectivity index (χ0) is 24.9. The number of carboxylic acid groups (broad SMARTS) is 1. The number of carboxylic acids is 1. The fourth-order valence-electron chi connectivity index (χ4n) is 4.71. The van der Waals surface area contributed by atoms with E-state index in [-0.39, 0.29) is 29.1 Å². The lowest BCUT2D eigenvalue weighted by Gasteiger charge is -2.39. The molecule has 2 aliphatic rings. The Kier molecular flexibility index (Phi) is 7.69. The molecular weight excluding hydrogens is 468 g/mol. The lowest BCUT2D eigenvalue weighted by atomic mass is 10.0. The molecule has 1 aromatic carbocycles. The molecule has 2 fully saturated rings. The molecule has 2 N–H and O–H groups in total. The van der Waals surface area contributed by atoms with E-state index in [0.717, 1.165) is 43.1 Å². The Labute approximate surface area is 209 Å². The number of aryl methyl sites for hydroxylation is 1. The van der Waals surface area contributed by atoms with Crippen molar-refractivity contribution in [1.29, 1.82) is 0 Å². The van der Waals surface area contributed by atoms with Crippen molar-refractivity contribution in [2.45, 2.75) is 51.2 Å². The monoisotopic (exact) mass is 494 g/mol. The molecule has 2 amide bonds. The van der Waals surface area contributed by atoms with Crippen molar-refractivity contribution in [2.24, 2.45) is 0 Å². The van der Waals surface area contributed by atoms with E-state index in [2.05, 4.69) is 33.2 Å². The number of pyridine rings is 1. The lowest BCUT2D eigenvalue weighted by Crippen LogP contribution is -2.52. The summed E-state index contributed by atoms with van der Waals surface area (Å²) >= 11 is 6.13. The quantitative estimate of drug-likeness (QED) is 0.489. The van der Waals surface area contributed by atoms with Crippen molar-refractivity contribution < 1.29 is 19.5 Å². The highest BCUT2D eigenvalue weighted by Gasteiger charge is 2.41. The van der Waals surface area contributed by atoms with Crippen LogP contribution in [0.2, 0.25) is 5.02 Å². The number of carbonyl (C=O) groups is 3. The third kappa shape index (κ3) is 5.99. The Hall–Kier alpha value is -3.41. The molecule has 1 aromatic heterocycles. The molecule has 9 heteroatoms. The highest BCUT2D eigenvalue weighted by Crippen LogP contribution is 2.28. The number of aromatic nitrogens is 1. The summed E-state index contributed by atoms with van der Waals surface area (Å²) in [7, 11) is 0. The molecule has 0 bridgehead atoms. The van der Waals surface area contributed by atoms with Gasteiger partial charge in [0.05, 0.1) is 5.56 Å². The van der Waals surface area contributed by atoms with E-state index in [1.165, 1.54) is 23.9 Å². The number of nitrogens with one attached hydrogen (secondary N) is 1. The summed E-state index contributed by atoms with van der Waals surface area (Å²) in [5.41, 5.74) is 2.58. The van der Waals surface area contributed by atoms with Gasteiger partial charge in [0.2, 0.25) is 5.91 Å². The Balaban J connectivity index is 1.34. The fraction of sp³-hybridized carbons (Fsp3) is 0.385. The maximum atomic E-state index is 12.8. The number of piperidine rings is 1. The molecule has 182 valence electrons. The average Bonchev–Trinajstić information content (AvgIpc) is 3.23. The van der Waals surface area contributed by atoms with Crippen LogP contribution in [0.25, 0.3) is 0 Å². The van der Waals surface area contributed by atoms with E-state index < -0.39 is 12.0 Å². The minimum atomic E-state index is -1.08. The van der Waals surface area contributed by atoms with Crippen molar-refractivity contribution >= 4 is 29.4 Å². The van der Waals surface area contributed by atoms with Crippen molar-refractivity contribution in [3.05, 3.63) is 63.9 Å². The van der Waals surface area contributed by atoms with E-state index in [0.29, 0.717) is 12.8 Å². The first-order valence-electron chi connectivity index (χ1n) is 11.6. The van der Waals surface area contributed by atoms with Gasteiger partial charge in [-0.05, 0) is 61.4 Å². The zero-order valence-corrected chi connectivity index (χ0v) is 20.2. The molecule has 2 saturated heterocycles. The maximum Gasteiger partial charge on any atom is 0.335 e. The van der Waals surface area contributed by atoms with Gasteiger partial charge in [-0.2, -0.15) is 0 Å². The summed E-state index contributed by atoms with van der Waals surface area (Å²) in [4.78, 5) is 44.6. The normalized spacial score (nSPS) is 18.7. The summed E-state index contributed by atoms with van der Waals surface area (Å²) in [6.45, 7) is 4.51. The number of halogens is 1. The second-order valence-corrected chi connectivity index (χ2v) is 9.33. The number of carbonyl (C=O) groups excluding carboxylic acids is 2. The number of nitrogens with zero attached hydrogens (tertiary/aromatic N) is 3. The first-order chi connectivity index (χ1) is 16.8. The Morgan fingerprint density at radius 2 is 1.97 bits per heavy atom. The standard InChI is InChI=1S/C26H27ClN4O4/c1-17-14-18(2-3-22(17)27)16-30-12-8-21(9-13-30)31-23(4-5-24(31)32)25(33)29-11-7-20-15-19(26(34)35)6-10-28-20/h2-3,6,10,14-15,21,23H,4-5,8-9,12-13,16H2,1H3,(H,29,33)(H,34,35). The van der Waals surface area contributed by atoms with Crippen molar-refractivity contribution in [3.8, 4) is 12.0 Å². The van der Waals surface area contributed by atoms with Gasteiger partial charge < -0.3 is 10.0 Å². The van der Waals surface area contributed by atoms with Crippen LogP contribution < -0.4 is 5.32 Å². The Morgan fingerprint density at radius 1 is 1.20 bits per heavy atom. The molecule has 8 nitrogen and oxygen atoms in total. The number of benzene rings is 1. The van der Waals surface area contributed by atoms with E-state index in [4.69, 9.17) is 16.7 Å². The molecule has 1 unspecified atom stereocenters. The van der Waals surface area contributed by atoms with Crippen molar-refractivity contribution in [3.63, 3.8) is 0 Å². The summed E-state index contributed by atoms with van der Waals surface area (Å²) < 4.78 is 0. The van der Waals surface area contributed by atoms with Crippen LogP contribution in [0.5, 0.6) is 0 Å². The second kappa shape index (κ2) is 10.9. The number of aromatic carboxylic acids is 1. The fourth-order valence-corrected chi connectivity index (χ4v) is 4.83. The van der Waals surface area contributed by atoms with E-state index in [9.17, 15) is 14.4 Å². The van der Waals surface area contributed by atoms with Crippen LogP contribution in [0.3, 0.4) is 0 Å². The van der Waals surface area contributed by atoms with Gasteiger partial charge in [-0.15, -0.1) is 0 Å². The number of amides is 2. The molecule has 35 heavy (non-hydrogen) atoms. The topological polar surface area (TPSA) is 103 Å². The summed E-state index contributed by atoms with van der Waals surface area (Å²) in [5, 5.41) is 12.4. The lowest BCUT2D eigenvalue weighted by molar-refractivity contribution is -0.138. The number of hydrogen-bond donors (Lipinski definition) is 2. The van der Waals surface area contributed by atoms with Crippen molar-refractivity contribution in [1.82, 2.24) is 20.1 Å². The number of rotatable bonds is 5. The Bertz CT molecular complexity index is 1200. The molecule has 4 rings (SSSR count). The van der Waals surface area contributed by atoms with E-state index in [1.807, 2.05) is 19.1 Å². The predicted octanol–water partition coefficient (Wildman–Crippen LogP) is 2.82. The highest BCUT2D eigenvalue weighted by molar-refractivity contribution is 6.31. The molecule has 1 atom stereocenters. The smallest absolute Gasteiger partial charge is 0.335 e. The van der Waals surface area contributed by atoms with Gasteiger partial charge in [0.1, 0.15) is 11.7 Å². The van der Waals surface area contributed by atoms with Gasteiger partial charge in [-0.3, -0.25) is 19.8 Å². The second-order valence-electron chi connectivity index (χ2n) is 8.92. The molecule has 2 aromatic rings. The van der Waals surface area contributed by atoms with Gasteiger partial charge in [-0.25, -0.2) is 9.78 Å². The number of hydrogen-bond acceptors (Lipinski definition) is 5. The maximum absolute atomic E-state index is 12.8. The molecule has 3 heterocycles. The zero-order valence-electron chi connectivity index (χ0n) is 19.5. The van der Waals surface area contributed by atoms with Gasteiger partial charge in [0.15, 0.2) is 0 Å². The number of likely N-dealkylation sites (tertiary alicyclic amines) is 2. The van der Waals surface area contributed by atoms with E-state index in [1.54, 1.807) is 4.90 Å². The molecule has 0 radical (unpaired) electrons. The van der Waals surface area contributed by atoms with Crippen molar-refractivity contribution in [2.75, 3.05) is 13.1 Å². The molecule has 0 aliphatic carbocycles. The average molecular weight is 495 g/mol. The third-order valence-electron chi connectivity index (χ3n) is 6.52. The van der Waals surface area contributed by atoms with Gasteiger partial charge in [0.25, 0.3) is 5.91 Å². The van der Waals surface area contributed by atoms with Gasteiger partial charge in [-0.1, -0.05) is 23.7 Å². The van der Waals surface area contributed by atoms with Crippen LogP contribution in [0, 0.1) is 18.9 Å². The first kappa shape index (κ1) is 24.7. The van der Waals surface area contributed by atoms with Crippen LogP contribution in [0.1, 0.15) is 52.9 Å². The van der Waals surface area contributed by atoms with E-state index >= 15 is 0 Å². The first-order valence-corrected chi connectivity index (χ1v) is 12.0. The molecule has 2 aliphatic heterocycles. The molecule has 0 saturated carbocycles.